The van der Waals surface area contributed by atoms with E-state index >= 15 is 0 Å². The summed E-state index contributed by atoms with van der Waals surface area (Å²) in [6, 6.07) is 0. The van der Waals surface area contributed by atoms with Gasteiger partial charge in [-0.05, 0) is 0 Å². The average molecular weight is 262 g/mol. The Morgan fingerprint density at radius 1 is 1.44 bits per heavy atom. The van der Waals surface area contributed by atoms with Gasteiger partial charge in [0.2, 0.25) is 5.88 Å². The molecule has 0 aliphatic heterocycles. The fourth-order valence-electron chi connectivity index (χ4n) is 1.57. The molecule has 2 aromatic heterocycles. The summed E-state index contributed by atoms with van der Waals surface area (Å²) in [6.07, 6.45) is -4.30. The lowest BCUT2D eigenvalue weighted by Crippen LogP contribution is -2.21. The van der Waals surface area contributed by atoms with Crippen LogP contribution in [0.1, 0.15) is 6.42 Å². The number of rotatable bonds is 3. The number of fused-ring (bicyclic) bond motifs is 1. The Bertz CT molecular complexity index is 616. The van der Waals surface area contributed by atoms with Crippen molar-refractivity contribution in [3.05, 3.63) is 16.8 Å². The van der Waals surface area contributed by atoms with E-state index < -0.39 is 24.8 Å². The molecule has 0 saturated carbocycles. The molecule has 2 rings (SSSR count). The van der Waals surface area contributed by atoms with E-state index in [0.717, 1.165) is 10.9 Å². The van der Waals surface area contributed by atoms with Crippen molar-refractivity contribution in [2.24, 2.45) is 0 Å². The maximum Gasteiger partial charge on any atom is 0.390 e. The first-order valence-corrected chi connectivity index (χ1v) is 4.96. The zero-order valence-corrected chi connectivity index (χ0v) is 9.28. The highest BCUT2D eigenvalue weighted by atomic mass is 19.4. The summed E-state index contributed by atoms with van der Waals surface area (Å²) in [7, 11) is 1.31. The molecule has 9 heteroatoms. The maximum absolute atomic E-state index is 12.2. The summed E-state index contributed by atoms with van der Waals surface area (Å²) in [6.45, 7) is -0.508. The zero-order valence-electron chi connectivity index (χ0n) is 9.28. The molecule has 0 radical (unpaired) electrons. The maximum atomic E-state index is 12.2. The van der Waals surface area contributed by atoms with Gasteiger partial charge in [0.1, 0.15) is 6.33 Å². The van der Waals surface area contributed by atoms with Gasteiger partial charge in [-0.2, -0.15) is 18.2 Å². The van der Waals surface area contributed by atoms with Gasteiger partial charge in [-0.3, -0.25) is 9.55 Å². The van der Waals surface area contributed by atoms with Crippen molar-refractivity contribution in [3.63, 3.8) is 0 Å². The van der Waals surface area contributed by atoms with Crippen LogP contribution in [0, 0.1) is 0 Å². The molecule has 0 atom stereocenters. The smallest absolute Gasteiger partial charge is 0.390 e. The van der Waals surface area contributed by atoms with Crippen molar-refractivity contribution >= 4 is 11.2 Å². The quantitative estimate of drug-likeness (QED) is 0.898. The Hall–Kier alpha value is -2.06. The number of nitrogens with zero attached hydrogens (tertiary/aromatic N) is 3. The molecule has 0 unspecified atom stereocenters. The van der Waals surface area contributed by atoms with Crippen molar-refractivity contribution in [1.29, 1.82) is 0 Å². The normalized spacial score (nSPS) is 12.0. The van der Waals surface area contributed by atoms with E-state index in [1.54, 1.807) is 0 Å². The minimum absolute atomic E-state index is 0.0560. The van der Waals surface area contributed by atoms with Crippen LogP contribution in [-0.4, -0.2) is 32.8 Å². The molecule has 0 amide bonds. The van der Waals surface area contributed by atoms with Gasteiger partial charge in [0.25, 0.3) is 0 Å². The zero-order chi connectivity index (χ0) is 13.3. The van der Waals surface area contributed by atoms with Gasteiger partial charge in [-0.15, -0.1) is 0 Å². The molecule has 0 aromatic carbocycles. The van der Waals surface area contributed by atoms with Gasteiger partial charge in [0.05, 0.1) is 13.5 Å². The minimum atomic E-state index is -4.34. The molecular formula is C9H9F3N4O2. The molecule has 0 bridgehead atoms. The second-order valence-corrected chi connectivity index (χ2v) is 3.53. The first-order chi connectivity index (χ1) is 8.42. The Balaban J connectivity index is 2.49. The van der Waals surface area contributed by atoms with Gasteiger partial charge in [0, 0.05) is 6.54 Å². The number of methoxy groups -OCH3 is 1. The fourth-order valence-corrected chi connectivity index (χ4v) is 1.57. The Morgan fingerprint density at radius 2 is 2.17 bits per heavy atom. The third-order valence-corrected chi connectivity index (χ3v) is 2.34. The van der Waals surface area contributed by atoms with E-state index in [-0.39, 0.29) is 17.0 Å². The van der Waals surface area contributed by atoms with Crippen LogP contribution in [0.25, 0.3) is 11.2 Å². The number of halogens is 3. The van der Waals surface area contributed by atoms with Crippen LogP contribution in [0.4, 0.5) is 13.2 Å². The van der Waals surface area contributed by atoms with E-state index in [4.69, 9.17) is 4.74 Å². The molecule has 98 valence electrons. The molecule has 2 heterocycles. The van der Waals surface area contributed by atoms with Gasteiger partial charge in [-0.1, -0.05) is 0 Å². The SMILES string of the molecule is COc1ncnc2[nH]c(=O)n(CCC(F)(F)F)c12. The van der Waals surface area contributed by atoms with Gasteiger partial charge in [0.15, 0.2) is 11.2 Å². The number of hydrogen-bond acceptors (Lipinski definition) is 4. The fraction of sp³-hybridized carbons (Fsp3) is 0.444. The minimum Gasteiger partial charge on any atom is -0.479 e. The first-order valence-electron chi connectivity index (χ1n) is 4.96. The summed E-state index contributed by atoms with van der Waals surface area (Å²) in [5, 5.41) is 0. The van der Waals surface area contributed by atoms with Crippen LogP contribution in [0.3, 0.4) is 0 Å². The van der Waals surface area contributed by atoms with E-state index in [1.807, 2.05) is 0 Å². The van der Waals surface area contributed by atoms with Crippen molar-refractivity contribution in [1.82, 2.24) is 19.5 Å². The van der Waals surface area contributed by atoms with Crippen molar-refractivity contribution in [3.8, 4) is 5.88 Å². The molecule has 18 heavy (non-hydrogen) atoms. The molecule has 0 fully saturated rings. The topological polar surface area (TPSA) is 72.8 Å². The van der Waals surface area contributed by atoms with Crippen LogP contribution in [0.15, 0.2) is 11.1 Å². The second kappa shape index (κ2) is 4.31. The summed E-state index contributed by atoms with van der Waals surface area (Å²) in [5.41, 5.74) is -0.392. The van der Waals surface area contributed by atoms with E-state index in [9.17, 15) is 18.0 Å². The van der Waals surface area contributed by atoms with Crippen LogP contribution >= 0.6 is 0 Å². The molecular weight excluding hydrogens is 253 g/mol. The van der Waals surface area contributed by atoms with Gasteiger partial charge >= 0.3 is 11.9 Å². The number of aryl methyl sites for hydroxylation is 1. The van der Waals surface area contributed by atoms with Crippen LogP contribution in [-0.2, 0) is 6.54 Å². The number of hydrogen-bond donors (Lipinski definition) is 1. The van der Waals surface area contributed by atoms with Crippen LogP contribution in [0.5, 0.6) is 5.88 Å². The van der Waals surface area contributed by atoms with E-state index in [2.05, 4.69) is 15.0 Å². The lowest BCUT2D eigenvalue weighted by Gasteiger charge is -2.08. The Kier molecular flexibility index (Phi) is 2.97. The predicted octanol–water partition coefficient (Wildman–Crippen LogP) is 1.08. The molecule has 0 aliphatic rings. The monoisotopic (exact) mass is 262 g/mol. The van der Waals surface area contributed by atoms with E-state index in [1.165, 1.54) is 7.11 Å². The van der Waals surface area contributed by atoms with Crippen molar-refractivity contribution < 1.29 is 17.9 Å². The number of H-pyrrole nitrogens is 1. The molecule has 0 saturated heterocycles. The Labute approximate surface area is 98.4 Å². The van der Waals surface area contributed by atoms with E-state index in [0.29, 0.717) is 0 Å². The second-order valence-electron chi connectivity index (χ2n) is 3.53. The summed E-state index contributed by atoms with van der Waals surface area (Å²) < 4.78 is 42.3. The molecule has 6 nitrogen and oxygen atoms in total. The number of nitrogens with one attached hydrogen (secondary N) is 1. The Morgan fingerprint density at radius 3 is 2.78 bits per heavy atom. The highest BCUT2D eigenvalue weighted by Gasteiger charge is 2.28. The number of imidazole rings is 1. The van der Waals surface area contributed by atoms with Crippen molar-refractivity contribution in [2.75, 3.05) is 7.11 Å². The van der Waals surface area contributed by atoms with Gasteiger partial charge in [-0.25, -0.2) is 9.78 Å². The summed E-state index contributed by atoms with van der Waals surface area (Å²) >= 11 is 0. The standard InChI is InChI=1S/C9H9F3N4O2/c1-18-7-5-6(13-4-14-7)15-8(17)16(5)3-2-9(10,11)12/h4H,2-3H2,1H3,(H,13,14,15,17). The largest absolute Gasteiger partial charge is 0.479 e. The lowest BCUT2D eigenvalue weighted by molar-refractivity contribution is -0.136. The predicted molar refractivity (Wildman–Crippen MR) is 55.4 cm³/mol. The summed E-state index contributed by atoms with van der Waals surface area (Å²) in [4.78, 5) is 21.4. The first kappa shape index (κ1) is 12.4. The molecule has 2 aromatic rings. The van der Waals surface area contributed by atoms with Gasteiger partial charge < -0.3 is 4.74 Å². The molecule has 1 N–H and O–H groups in total. The lowest BCUT2D eigenvalue weighted by atomic mass is 10.4. The average Bonchev–Trinajstić information content (AvgIpc) is 2.61. The third-order valence-electron chi connectivity index (χ3n) is 2.34. The molecule has 0 aliphatic carbocycles. The third kappa shape index (κ3) is 2.29. The number of ether oxygens (including phenoxy) is 1. The number of aromatic nitrogens is 4. The van der Waals surface area contributed by atoms with Crippen molar-refractivity contribution in [2.45, 2.75) is 19.1 Å². The summed E-state index contributed by atoms with van der Waals surface area (Å²) in [5.74, 6) is 0.0560. The molecule has 0 spiro atoms. The number of alkyl halides is 3. The number of aromatic amines is 1. The van der Waals surface area contributed by atoms with Crippen LogP contribution in [0.2, 0.25) is 0 Å². The highest BCUT2D eigenvalue weighted by molar-refractivity contribution is 5.76. The van der Waals surface area contributed by atoms with Crippen LogP contribution < -0.4 is 10.4 Å². The highest BCUT2D eigenvalue weighted by Crippen LogP contribution is 2.23.